The highest BCUT2D eigenvalue weighted by Gasteiger charge is 2.30. The molecule has 128 valence electrons. The van der Waals surface area contributed by atoms with E-state index in [1.807, 2.05) is 36.4 Å². The van der Waals surface area contributed by atoms with Crippen molar-refractivity contribution in [2.75, 3.05) is 6.54 Å². The summed E-state index contributed by atoms with van der Waals surface area (Å²) in [5.41, 5.74) is 0.108. The highest BCUT2D eigenvalue weighted by Crippen LogP contribution is 2.28. The predicted octanol–water partition coefficient (Wildman–Crippen LogP) is 4.00. The Balaban J connectivity index is 1.56. The normalized spacial score (nSPS) is 16.7. The van der Waals surface area contributed by atoms with Crippen molar-refractivity contribution in [2.45, 2.75) is 48.4 Å². The van der Waals surface area contributed by atoms with Gasteiger partial charge >= 0.3 is 0 Å². The molecule has 5 heteroatoms. The highest BCUT2D eigenvalue weighted by atomic mass is 32.2. The molecule has 0 spiro atoms. The van der Waals surface area contributed by atoms with E-state index in [0.717, 1.165) is 42.6 Å². The number of furan rings is 1. The predicted molar refractivity (Wildman–Crippen MR) is 95.1 cm³/mol. The van der Waals surface area contributed by atoms with Gasteiger partial charge in [-0.05, 0) is 31.0 Å². The molecule has 1 saturated carbocycles. The first-order valence-electron chi connectivity index (χ1n) is 8.41. The fourth-order valence-corrected chi connectivity index (χ4v) is 3.94. The van der Waals surface area contributed by atoms with Gasteiger partial charge in [0, 0.05) is 22.8 Å². The van der Waals surface area contributed by atoms with Gasteiger partial charge in [0.15, 0.2) is 5.76 Å². The van der Waals surface area contributed by atoms with Crippen LogP contribution in [-0.2, 0) is 5.75 Å². The molecular weight excluding hydrogens is 322 g/mol. The van der Waals surface area contributed by atoms with Crippen molar-refractivity contribution in [1.29, 1.82) is 0 Å². The van der Waals surface area contributed by atoms with Gasteiger partial charge < -0.3 is 14.8 Å². The Hall–Kier alpha value is -1.72. The van der Waals surface area contributed by atoms with E-state index in [1.54, 1.807) is 18.0 Å². The number of hydrogen-bond donors (Lipinski definition) is 2. The molecule has 2 aromatic rings. The van der Waals surface area contributed by atoms with Gasteiger partial charge in [0.1, 0.15) is 0 Å². The zero-order valence-electron chi connectivity index (χ0n) is 13.7. The summed E-state index contributed by atoms with van der Waals surface area (Å²) in [6.07, 6.45) is 6.25. The number of aliphatic hydroxyl groups is 1. The maximum atomic E-state index is 12.4. The lowest BCUT2D eigenvalue weighted by molar-refractivity contribution is 0.00501. The minimum atomic E-state index is -0.764. The first-order chi connectivity index (χ1) is 11.7. The third kappa shape index (κ3) is 4.42. The lowest BCUT2D eigenvalue weighted by atomic mass is 9.85. The molecule has 0 atom stereocenters. The van der Waals surface area contributed by atoms with Gasteiger partial charge in [-0.3, -0.25) is 4.79 Å². The van der Waals surface area contributed by atoms with Crippen LogP contribution in [0.3, 0.4) is 0 Å². The summed E-state index contributed by atoms with van der Waals surface area (Å²) >= 11 is 1.67. The highest BCUT2D eigenvalue weighted by molar-refractivity contribution is 7.98. The first kappa shape index (κ1) is 17.1. The molecule has 0 bridgehead atoms. The summed E-state index contributed by atoms with van der Waals surface area (Å²) in [5, 5.41) is 13.3. The molecule has 1 aromatic carbocycles. The minimum absolute atomic E-state index is 0.248. The van der Waals surface area contributed by atoms with E-state index in [2.05, 4.69) is 5.32 Å². The number of benzene rings is 1. The molecule has 1 aliphatic rings. The van der Waals surface area contributed by atoms with Crippen molar-refractivity contribution >= 4 is 17.7 Å². The number of carbonyl (C=O) groups is 1. The molecular formula is C19H23NO3S. The van der Waals surface area contributed by atoms with Crippen LogP contribution in [-0.4, -0.2) is 23.2 Å². The number of rotatable bonds is 6. The van der Waals surface area contributed by atoms with Crippen LogP contribution in [0.1, 0.15) is 48.2 Å². The van der Waals surface area contributed by atoms with Crippen LogP contribution < -0.4 is 5.32 Å². The molecule has 0 radical (unpaired) electrons. The zero-order chi connectivity index (χ0) is 16.8. The number of amides is 1. The van der Waals surface area contributed by atoms with Gasteiger partial charge in [0.2, 0.25) is 0 Å². The number of thioether (sulfide) groups is 1. The number of nitrogens with one attached hydrogen (secondary N) is 1. The Bertz CT molecular complexity index is 662. The van der Waals surface area contributed by atoms with Crippen LogP contribution in [0.15, 0.2) is 52.0 Å². The van der Waals surface area contributed by atoms with E-state index in [-0.39, 0.29) is 12.5 Å². The molecule has 1 heterocycles. The molecule has 1 amide bonds. The molecule has 1 fully saturated rings. The molecule has 0 saturated heterocycles. The van der Waals surface area contributed by atoms with Gasteiger partial charge in [-0.1, -0.05) is 37.5 Å². The van der Waals surface area contributed by atoms with Crippen molar-refractivity contribution in [2.24, 2.45) is 0 Å². The minimum Gasteiger partial charge on any atom is -0.459 e. The second kappa shape index (κ2) is 7.90. The summed E-state index contributed by atoms with van der Waals surface area (Å²) in [7, 11) is 0. The average Bonchev–Trinajstić information content (AvgIpc) is 3.08. The molecule has 24 heavy (non-hydrogen) atoms. The zero-order valence-corrected chi connectivity index (χ0v) is 14.5. The summed E-state index contributed by atoms with van der Waals surface area (Å²) in [4.78, 5) is 13.6. The Morgan fingerprint density at radius 3 is 2.67 bits per heavy atom. The average molecular weight is 345 g/mol. The van der Waals surface area contributed by atoms with E-state index < -0.39 is 5.60 Å². The Kier molecular flexibility index (Phi) is 5.63. The van der Waals surface area contributed by atoms with Gasteiger partial charge in [-0.2, -0.15) is 0 Å². The largest absolute Gasteiger partial charge is 0.459 e. The number of carbonyl (C=O) groups excluding carboxylic acids is 1. The number of hydrogen-bond acceptors (Lipinski definition) is 4. The van der Waals surface area contributed by atoms with Crippen molar-refractivity contribution < 1.29 is 14.3 Å². The third-order valence-electron chi connectivity index (χ3n) is 4.45. The summed E-state index contributed by atoms with van der Waals surface area (Å²) in [5.74, 6) is 0.772. The maximum absolute atomic E-state index is 12.4. The molecule has 0 aliphatic heterocycles. The topological polar surface area (TPSA) is 62.5 Å². The standard InChI is InChI=1S/C19H23NO3S/c21-18(20-14-19(22)10-5-2-6-11-19)17-15(9-12-23-17)13-24-16-7-3-1-4-8-16/h1,3-4,7-9,12,22H,2,5-6,10-11,13-14H2,(H,20,21). The van der Waals surface area contributed by atoms with E-state index in [4.69, 9.17) is 4.42 Å². The quantitative estimate of drug-likeness (QED) is 0.777. The fraction of sp³-hybridized carbons (Fsp3) is 0.421. The van der Waals surface area contributed by atoms with E-state index >= 15 is 0 Å². The van der Waals surface area contributed by atoms with Crippen LogP contribution in [0.25, 0.3) is 0 Å². The molecule has 3 rings (SSSR count). The van der Waals surface area contributed by atoms with Gasteiger partial charge in [-0.25, -0.2) is 0 Å². The lowest BCUT2D eigenvalue weighted by Crippen LogP contribution is -2.44. The van der Waals surface area contributed by atoms with Crippen molar-refractivity contribution in [3.8, 4) is 0 Å². The van der Waals surface area contributed by atoms with E-state index in [0.29, 0.717) is 11.5 Å². The first-order valence-corrected chi connectivity index (χ1v) is 9.40. The van der Waals surface area contributed by atoms with E-state index in [9.17, 15) is 9.90 Å². The lowest BCUT2D eigenvalue weighted by Gasteiger charge is -2.31. The summed E-state index contributed by atoms with van der Waals surface area (Å²) in [6, 6.07) is 11.9. The van der Waals surface area contributed by atoms with Crippen molar-refractivity contribution in [3.05, 3.63) is 54.0 Å². The van der Waals surface area contributed by atoms with Crippen LogP contribution in [0.5, 0.6) is 0 Å². The Labute approximate surface area is 146 Å². The second-order valence-corrected chi connectivity index (χ2v) is 7.39. The van der Waals surface area contributed by atoms with Crippen molar-refractivity contribution in [1.82, 2.24) is 5.32 Å². The Morgan fingerprint density at radius 1 is 1.17 bits per heavy atom. The molecule has 1 aromatic heterocycles. The SMILES string of the molecule is O=C(NCC1(O)CCCCC1)c1occc1CSc1ccccc1. The van der Waals surface area contributed by atoms with E-state index in [1.165, 1.54) is 0 Å². The molecule has 1 aliphatic carbocycles. The van der Waals surface area contributed by atoms with Crippen LogP contribution in [0.4, 0.5) is 0 Å². The van der Waals surface area contributed by atoms with Gasteiger partial charge in [0.25, 0.3) is 5.91 Å². The molecule has 4 nitrogen and oxygen atoms in total. The van der Waals surface area contributed by atoms with Crippen LogP contribution in [0.2, 0.25) is 0 Å². The fourth-order valence-electron chi connectivity index (χ4n) is 3.04. The summed E-state index contributed by atoms with van der Waals surface area (Å²) in [6.45, 7) is 0.289. The maximum Gasteiger partial charge on any atom is 0.287 e. The second-order valence-electron chi connectivity index (χ2n) is 6.34. The smallest absolute Gasteiger partial charge is 0.287 e. The van der Waals surface area contributed by atoms with Crippen LogP contribution in [0, 0.1) is 0 Å². The van der Waals surface area contributed by atoms with Gasteiger partial charge in [0.05, 0.1) is 11.9 Å². The molecule has 2 N–H and O–H groups in total. The summed E-state index contributed by atoms with van der Waals surface area (Å²) < 4.78 is 5.38. The third-order valence-corrected chi connectivity index (χ3v) is 5.51. The monoisotopic (exact) mass is 345 g/mol. The Morgan fingerprint density at radius 2 is 1.92 bits per heavy atom. The molecule has 0 unspecified atom stereocenters. The van der Waals surface area contributed by atoms with Gasteiger partial charge in [-0.15, -0.1) is 11.8 Å². The van der Waals surface area contributed by atoms with Crippen molar-refractivity contribution in [3.63, 3.8) is 0 Å². The van der Waals surface area contributed by atoms with Crippen LogP contribution >= 0.6 is 11.8 Å².